The van der Waals surface area contributed by atoms with Gasteiger partial charge in [0.2, 0.25) is 0 Å². The Kier molecular flexibility index (Phi) is 6.36. The lowest BCUT2D eigenvalue weighted by atomic mass is 9.99. The van der Waals surface area contributed by atoms with E-state index in [1.807, 2.05) is 13.0 Å². The number of halogens is 3. The summed E-state index contributed by atoms with van der Waals surface area (Å²) in [6.45, 7) is 2.45. The normalized spacial score (nSPS) is 12.4. The number of nitrogens with two attached hydrogens (primary N) is 1. The molecule has 1 amide bonds. The molecule has 0 aliphatic rings. The molecule has 8 nitrogen and oxygen atoms in total. The molecule has 38 heavy (non-hydrogen) atoms. The van der Waals surface area contributed by atoms with Crippen LogP contribution in [0.1, 0.15) is 46.8 Å². The number of hydrogen-bond donors (Lipinski definition) is 1. The number of amides is 1. The van der Waals surface area contributed by atoms with Gasteiger partial charge in [-0.05, 0) is 68.8 Å². The van der Waals surface area contributed by atoms with E-state index in [-0.39, 0.29) is 27.8 Å². The average molecular weight is 539 g/mol. The van der Waals surface area contributed by atoms with Gasteiger partial charge in [-0.25, -0.2) is 9.67 Å². The van der Waals surface area contributed by atoms with Crippen LogP contribution in [0.15, 0.2) is 57.9 Å². The Morgan fingerprint density at radius 1 is 1.16 bits per heavy atom. The summed E-state index contributed by atoms with van der Waals surface area (Å²) in [5.41, 5.74) is 7.99. The highest BCUT2D eigenvalue weighted by atomic mass is 35.5. The Morgan fingerprint density at radius 3 is 2.63 bits per heavy atom. The number of fused-ring (bicyclic) bond motifs is 2. The van der Waals surface area contributed by atoms with E-state index in [2.05, 4.69) is 10.1 Å². The van der Waals surface area contributed by atoms with Crippen molar-refractivity contribution in [2.24, 2.45) is 5.73 Å². The molecule has 3 heterocycles. The molecule has 2 aromatic carbocycles. The van der Waals surface area contributed by atoms with Gasteiger partial charge in [-0.1, -0.05) is 11.6 Å². The van der Waals surface area contributed by atoms with Crippen LogP contribution in [0.4, 0.5) is 8.78 Å². The Balaban J connectivity index is 1.65. The number of primary amides is 1. The van der Waals surface area contributed by atoms with Crippen molar-refractivity contribution in [3.63, 3.8) is 0 Å². The Labute approximate surface area is 219 Å². The fourth-order valence-corrected chi connectivity index (χ4v) is 4.53. The summed E-state index contributed by atoms with van der Waals surface area (Å²) >= 11 is 5.91. The number of carbonyl (C=O) groups excluding carboxylic acids is 1. The average Bonchev–Trinajstić information content (AvgIpc) is 3.31. The fourth-order valence-electron chi connectivity index (χ4n) is 4.38. The largest absolute Gasteiger partial charge is 0.483 e. The van der Waals surface area contributed by atoms with E-state index < -0.39 is 18.6 Å². The summed E-state index contributed by atoms with van der Waals surface area (Å²) in [6, 6.07) is 11.4. The van der Waals surface area contributed by atoms with E-state index in [0.29, 0.717) is 43.2 Å². The Bertz CT molecular complexity index is 1800. The van der Waals surface area contributed by atoms with Crippen molar-refractivity contribution >= 4 is 39.4 Å². The molecule has 1 atom stereocenters. The molecule has 0 bridgehead atoms. The highest BCUT2D eigenvalue weighted by Crippen LogP contribution is 2.34. The summed E-state index contributed by atoms with van der Waals surface area (Å²) in [5.74, 6) is -0.392. The van der Waals surface area contributed by atoms with Crippen LogP contribution in [-0.4, -0.2) is 20.7 Å². The van der Waals surface area contributed by atoms with E-state index in [0.717, 1.165) is 5.56 Å². The van der Waals surface area contributed by atoms with Gasteiger partial charge in [0.25, 0.3) is 5.91 Å². The number of aryl methyl sites for hydroxylation is 1. The molecule has 194 valence electrons. The van der Waals surface area contributed by atoms with Gasteiger partial charge < -0.3 is 14.9 Å². The van der Waals surface area contributed by atoms with Gasteiger partial charge >= 0.3 is 6.55 Å². The number of nitrogens with zero attached hydrogens (tertiary/aromatic N) is 3. The van der Waals surface area contributed by atoms with Crippen LogP contribution in [0, 0.1) is 13.8 Å². The molecule has 5 rings (SSSR count). The van der Waals surface area contributed by atoms with Crippen LogP contribution in [-0.2, 0) is 0 Å². The number of ether oxygens (including phenoxy) is 1. The van der Waals surface area contributed by atoms with E-state index in [9.17, 15) is 18.4 Å². The number of alkyl halides is 2. The van der Waals surface area contributed by atoms with Crippen molar-refractivity contribution in [3.8, 4) is 17.1 Å². The number of benzene rings is 2. The molecule has 0 saturated carbocycles. The Hall–Kier alpha value is -4.31. The summed E-state index contributed by atoms with van der Waals surface area (Å²) in [7, 11) is 0. The van der Waals surface area contributed by atoms with Gasteiger partial charge in [0.05, 0.1) is 10.9 Å². The van der Waals surface area contributed by atoms with E-state index in [4.69, 9.17) is 26.5 Å². The molecule has 3 aromatic heterocycles. The molecular weight excluding hydrogens is 518 g/mol. The number of carbonyl (C=O) groups is 1. The molecule has 0 aliphatic carbocycles. The number of aromatic nitrogens is 3. The van der Waals surface area contributed by atoms with Gasteiger partial charge in [0.1, 0.15) is 22.6 Å². The summed E-state index contributed by atoms with van der Waals surface area (Å²) in [6.07, 6.45) is 0.544. The van der Waals surface area contributed by atoms with Crippen LogP contribution in [0.2, 0.25) is 5.15 Å². The highest BCUT2D eigenvalue weighted by molar-refractivity contribution is 6.29. The lowest BCUT2D eigenvalue weighted by Crippen LogP contribution is -2.17. The van der Waals surface area contributed by atoms with E-state index >= 15 is 0 Å². The second kappa shape index (κ2) is 9.53. The van der Waals surface area contributed by atoms with Gasteiger partial charge in [-0.3, -0.25) is 9.59 Å². The molecule has 0 aliphatic heterocycles. The molecule has 0 unspecified atom stereocenters. The lowest BCUT2D eigenvalue weighted by molar-refractivity contribution is 0.0573. The van der Waals surface area contributed by atoms with Gasteiger partial charge in [-0.2, -0.15) is 13.9 Å². The van der Waals surface area contributed by atoms with Crippen LogP contribution < -0.4 is 15.9 Å². The van der Waals surface area contributed by atoms with Crippen molar-refractivity contribution < 1.29 is 22.7 Å². The molecule has 0 fully saturated rings. The minimum atomic E-state index is -2.77. The van der Waals surface area contributed by atoms with Gasteiger partial charge in [0, 0.05) is 28.3 Å². The first-order chi connectivity index (χ1) is 18.0. The molecule has 0 spiro atoms. The smallest absolute Gasteiger partial charge is 0.333 e. The standard InChI is InChI=1S/C27H21ClF2N4O4/c1-12-8-17(14(3)37-20-6-7-21(28)32-22(20)26(31)36)25-18(9-12)23(35)13(2)24(38-25)15-4-5-19-16(10-15)11-34(33-19)27(29)30/h4-11,14,27H,1-3H3,(H2,31,36)/t14-/m1/s1. The number of hydrogen-bond acceptors (Lipinski definition) is 6. The first-order valence-electron chi connectivity index (χ1n) is 11.5. The maximum Gasteiger partial charge on any atom is 0.333 e. The third kappa shape index (κ3) is 4.47. The van der Waals surface area contributed by atoms with Crippen molar-refractivity contribution in [2.45, 2.75) is 33.4 Å². The third-order valence-electron chi connectivity index (χ3n) is 6.18. The zero-order valence-corrected chi connectivity index (χ0v) is 21.2. The molecule has 11 heteroatoms. The second-order valence-corrected chi connectivity index (χ2v) is 9.27. The topological polar surface area (TPSA) is 113 Å². The summed E-state index contributed by atoms with van der Waals surface area (Å²) in [5, 5.41) is 4.77. The SMILES string of the molecule is Cc1cc([C@@H](C)Oc2ccc(Cl)nc2C(N)=O)c2oc(-c3ccc4nn(C(F)F)cc4c3)c(C)c(=O)c2c1. The maximum atomic E-state index is 13.4. The van der Waals surface area contributed by atoms with Crippen molar-refractivity contribution in [3.05, 3.63) is 86.4 Å². The zero-order chi connectivity index (χ0) is 27.3. The quantitative estimate of drug-likeness (QED) is 0.261. The molecular formula is C27H21ClF2N4O4. The number of rotatable bonds is 6. The highest BCUT2D eigenvalue weighted by Gasteiger charge is 2.22. The second-order valence-electron chi connectivity index (χ2n) is 8.88. The van der Waals surface area contributed by atoms with Crippen LogP contribution >= 0.6 is 11.6 Å². The minimum absolute atomic E-state index is 0.0852. The number of pyridine rings is 1. The molecule has 0 saturated heterocycles. The Morgan fingerprint density at radius 2 is 1.92 bits per heavy atom. The predicted octanol–water partition coefficient (Wildman–Crippen LogP) is 6.11. The monoisotopic (exact) mass is 538 g/mol. The summed E-state index contributed by atoms with van der Waals surface area (Å²) < 4.78 is 39.2. The van der Waals surface area contributed by atoms with Crippen molar-refractivity contribution in [1.29, 1.82) is 0 Å². The first-order valence-corrected chi connectivity index (χ1v) is 11.9. The lowest BCUT2D eigenvalue weighted by Gasteiger charge is -2.19. The molecule has 0 radical (unpaired) electrons. The van der Waals surface area contributed by atoms with Gasteiger partial charge in [-0.15, -0.1) is 0 Å². The van der Waals surface area contributed by atoms with Crippen molar-refractivity contribution in [2.75, 3.05) is 0 Å². The van der Waals surface area contributed by atoms with Crippen LogP contribution in [0.5, 0.6) is 5.75 Å². The summed E-state index contributed by atoms with van der Waals surface area (Å²) in [4.78, 5) is 29.3. The van der Waals surface area contributed by atoms with Gasteiger partial charge in [0.15, 0.2) is 16.9 Å². The molecule has 5 aromatic rings. The molecule has 2 N–H and O–H groups in total. The maximum absolute atomic E-state index is 13.4. The minimum Gasteiger partial charge on any atom is -0.483 e. The predicted molar refractivity (Wildman–Crippen MR) is 139 cm³/mol. The third-order valence-corrected chi connectivity index (χ3v) is 6.39. The fraction of sp³-hybridized carbons (Fsp3) is 0.185. The van der Waals surface area contributed by atoms with Crippen molar-refractivity contribution in [1.82, 2.24) is 14.8 Å². The van der Waals surface area contributed by atoms with E-state index in [1.54, 1.807) is 38.1 Å². The van der Waals surface area contributed by atoms with E-state index in [1.165, 1.54) is 18.3 Å². The zero-order valence-electron chi connectivity index (χ0n) is 20.5. The first kappa shape index (κ1) is 25.3. The van der Waals surface area contributed by atoms with Crippen LogP contribution in [0.3, 0.4) is 0 Å². The van der Waals surface area contributed by atoms with Crippen LogP contribution in [0.25, 0.3) is 33.2 Å².